The molecule has 0 aromatic heterocycles. The SMILES string of the molecule is Cc1ccc(N=Nc2c(C)cc3cc(C)cc(C)c3c2C)cc1. The Morgan fingerprint density at radius 3 is 2.04 bits per heavy atom. The van der Waals surface area contributed by atoms with E-state index >= 15 is 0 Å². The zero-order valence-corrected chi connectivity index (χ0v) is 14.4. The van der Waals surface area contributed by atoms with Gasteiger partial charge in [-0.25, -0.2) is 0 Å². The second kappa shape index (κ2) is 5.96. The molecule has 3 rings (SSSR count). The summed E-state index contributed by atoms with van der Waals surface area (Å²) in [5.41, 5.74) is 8.05. The van der Waals surface area contributed by atoms with Gasteiger partial charge >= 0.3 is 0 Å². The number of hydrogen-bond acceptors (Lipinski definition) is 2. The Hall–Kier alpha value is -2.48. The van der Waals surface area contributed by atoms with Crippen molar-refractivity contribution >= 4 is 22.1 Å². The van der Waals surface area contributed by atoms with Crippen molar-refractivity contribution in [3.63, 3.8) is 0 Å². The quantitative estimate of drug-likeness (QED) is 0.465. The molecule has 0 unspecified atom stereocenters. The van der Waals surface area contributed by atoms with Crippen molar-refractivity contribution in [2.45, 2.75) is 34.6 Å². The molecule has 0 heterocycles. The molecule has 0 amide bonds. The normalized spacial score (nSPS) is 11.5. The lowest BCUT2D eigenvalue weighted by molar-refractivity contribution is 1.19. The zero-order valence-electron chi connectivity index (χ0n) is 14.4. The van der Waals surface area contributed by atoms with E-state index < -0.39 is 0 Å². The van der Waals surface area contributed by atoms with E-state index in [1.807, 2.05) is 12.1 Å². The average molecular weight is 302 g/mol. The minimum absolute atomic E-state index is 0.884. The van der Waals surface area contributed by atoms with Crippen LogP contribution in [-0.4, -0.2) is 0 Å². The van der Waals surface area contributed by atoms with E-state index in [-0.39, 0.29) is 0 Å². The molecule has 0 atom stereocenters. The first-order valence-electron chi connectivity index (χ1n) is 7.95. The van der Waals surface area contributed by atoms with Gasteiger partial charge in [-0.2, -0.15) is 5.11 Å². The van der Waals surface area contributed by atoms with Gasteiger partial charge in [0.25, 0.3) is 0 Å². The van der Waals surface area contributed by atoms with Crippen LogP contribution in [0.4, 0.5) is 11.4 Å². The molecule has 0 N–H and O–H groups in total. The average Bonchev–Trinajstić information content (AvgIpc) is 2.47. The van der Waals surface area contributed by atoms with Crippen molar-refractivity contribution in [2.75, 3.05) is 0 Å². The Bertz CT molecular complexity index is 904. The smallest absolute Gasteiger partial charge is 0.0921 e. The molecule has 2 nitrogen and oxygen atoms in total. The molecule has 0 spiro atoms. The number of azo groups is 1. The summed E-state index contributed by atoms with van der Waals surface area (Å²) < 4.78 is 0. The summed E-state index contributed by atoms with van der Waals surface area (Å²) in [6.45, 7) is 10.6. The molecule has 2 heteroatoms. The second-order valence-electron chi connectivity index (χ2n) is 6.38. The Morgan fingerprint density at radius 2 is 1.35 bits per heavy atom. The van der Waals surface area contributed by atoms with Crippen molar-refractivity contribution in [1.82, 2.24) is 0 Å². The first-order chi connectivity index (χ1) is 11.0. The lowest BCUT2D eigenvalue weighted by atomic mass is 9.95. The van der Waals surface area contributed by atoms with Crippen molar-refractivity contribution in [3.8, 4) is 0 Å². The third-order valence-electron chi connectivity index (χ3n) is 4.29. The van der Waals surface area contributed by atoms with Crippen molar-refractivity contribution in [1.29, 1.82) is 0 Å². The van der Waals surface area contributed by atoms with E-state index in [1.54, 1.807) is 0 Å². The molecule has 116 valence electrons. The molecule has 0 fully saturated rings. The summed E-state index contributed by atoms with van der Waals surface area (Å²) in [4.78, 5) is 0. The molecule has 0 aliphatic heterocycles. The topological polar surface area (TPSA) is 24.7 Å². The summed E-state index contributed by atoms with van der Waals surface area (Å²) >= 11 is 0. The minimum atomic E-state index is 0.884. The molecular formula is C21H22N2. The molecule has 0 saturated carbocycles. The number of hydrogen-bond donors (Lipinski definition) is 0. The fraction of sp³-hybridized carbons (Fsp3) is 0.238. The predicted molar refractivity (Wildman–Crippen MR) is 98.3 cm³/mol. The van der Waals surface area contributed by atoms with Crippen LogP contribution in [-0.2, 0) is 0 Å². The Labute approximate surface area is 137 Å². The largest absolute Gasteiger partial charge is 0.151 e. The third kappa shape index (κ3) is 3.02. The fourth-order valence-corrected chi connectivity index (χ4v) is 3.22. The van der Waals surface area contributed by atoms with E-state index in [0.717, 1.165) is 16.9 Å². The highest BCUT2D eigenvalue weighted by atomic mass is 15.1. The van der Waals surface area contributed by atoms with E-state index in [9.17, 15) is 0 Å². The standard InChI is InChI=1S/C21H22N2/c1-13-6-8-19(9-7-13)22-23-21-16(4)12-18-11-14(2)10-15(3)20(18)17(21)5/h6-12H,1-5H3. The number of nitrogens with zero attached hydrogens (tertiary/aromatic N) is 2. The van der Waals surface area contributed by atoms with Gasteiger partial charge in [0.15, 0.2) is 0 Å². The minimum Gasteiger partial charge on any atom is -0.151 e. The highest BCUT2D eigenvalue weighted by molar-refractivity contribution is 5.93. The molecule has 0 radical (unpaired) electrons. The van der Waals surface area contributed by atoms with Gasteiger partial charge in [-0.15, -0.1) is 5.11 Å². The van der Waals surface area contributed by atoms with Crippen LogP contribution in [0.15, 0.2) is 52.7 Å². The van der Waals surface area contributed by atoms with Crippen LogP contribution in [0.5, 0.6) is 0 Å². The maximum Gasteiger partial charge on any atom is 0.0921 e. The number of rotatable bonds is 2. The van der Waals surface area contributed by atoms with Gasteiger partial charge in [0.2, 0.25) is 0 Å². The van der Waals surface area contributed by atoms with Gasteiger partial charge in [0, 0.05) is 0 Å². The van der Waals surface area contributed by atoms with E-state index in [0.29, 0.717) is 0 Å². The van der Waals surface area contributed by atoms with Crippen molar-refractivity contribution in [3.05, 3.63) is 70.3 Å². The first kappa shape index (κ1) is 15.4. The molecule has 0 bridgehead atoms. The Morgan fingerprint density at radius 1 is 0.652 bits per heavy atom. The first-order valence-corrected chi connectivity index (χ1v) is 7.95. The van der Waals surface area contributed by atoms with Gasteiger partial charge in [0.1, 0.15) is 0 Å². The zero-order chi connectivity index (χ0) is 16.6. The highest BCUT2D eigenvalue weighted by Crippen LogP contribution is 2.34. The van der Waals surface area contributed by atoms with Crippen LogP contribution >= 0.6 is 0 Å². The number of fused-ring (bicyclic) bond motifs is 1. The summed E-state index contributed by atoms with van der Waals surface area (Å²) in [5.74, 6) is 0. The molecule has 0 saturated heterocycles. The summed E-state index contributed by atoms with van der Waals surface area (Å²) in [6.07, 6.45) is 0. The number of aryl methyl sites for hydroxylation is 5. The summed E-state index contributed by atoms with van der Waals surface area (Å²) in [6, 6.07) is 14.8. The van der Waals surface area contributed by atoms with Gasteiger partial charge < -0.3 is 0 Å². The molecular weight excluding hydrogens is 280 g/mol. The highest BCUT2D eigenvalue weighted by Gasteiger charge is 2.10. The van der Waals surface area contributed by atoms with Crippen LogP contribution in [0.25, 0.3) is 10.8 Å². The van der Waals surface area contributed by atoms with Gasteiger partial charge in [-0.3, -0.25) is 0 Å². The number of benzene rings is 3. The van der Waals surface area contributed by atoms with Crippen molar-refractivity contribution < 1.29 is 0 Å². The van der Waals surface area contributed by atoms with E-state index in [4.69, 9.17) is 0 Å². The fourth-order valence-electron chi connectivity index (χ4n) is 3.22. The van der Waals surface area contributed by atoms with E-state index in [1.165, 1.54) is 33.0 Å². The maximum atomic E-state index is 4.54. The Balaban J connectivity index is 2.12. The summed E-state index contributed by atoms with van der Waals surface area (Å²) in [5, 5.41) is 11.5. The van der Waals surface area contributed by atoms with Gasteiger partial charge in [0.05, 0.1) is 11.4 Å². The lowest BCUT2D eigenvalue weighted by Crippen LogP contribution is -1.89. The predicted octanol–water partition coefficient (Wildman–Crippen LogP) is 6.80. The molecule has 0 aliphatic rings. The van der Waals surface area contributed by atoms with E-state index in [2.05, 4.69) is 75.2 Å². The Kier molecular flexibility index (Phi) is 3.99. The lowest BCUT2D eigenvalue weighted by Gasteiger charge is -2.12. The molecule has 23 heavy (non-hydrogen) atoms. The van der Waals surface area contributed by atoms with Gasteiger partial charge in [-0.05, 0) is 80.3 Å². The van der Waals surface area contributed by atoms with Crippen LogP contribution in [0.2, 0.25) is 0 Å². The molecule has 3 aromatic rings. The van der Waals surface area contributed by atoms with Crippen LogP contribution in [0.1, 0.15) is 27.8 Å². The van der Waals surface area contributed by atoms with Gasteiger partial charge in [-0.1, -0.05) is 35.4 Å². The van der Waals surface area contributed by atoms with Crippen LogP contribution in [0, 0.1) is 34.6 Å². The van der Waals surface area contributed by atoms with Crippen molar-refractivity contribution in [2.24, 2.45) is 10.2 Å². The maximum absolute atomic E-state index is 4.54. The van der Waals surface area contributed by atoms with Crippen LogP contribution < -0.4 is 0 Å². The second-order valence-corrected chi connectivity index (χ2v) is 6.38. The molecule has 3 aromatic carbocycles. The van der Waals surface area contributed by atoms with Crippen LogP contribution in [0.3, 0.4) is 0 Å². The summed E-state index contributed by atoms with van der Waals surface area (Å²) in [7, 11) is 0. The molecule has 0 aliphatic carbocycles. The monoisotopic (exact) mass is 302 g/mol. The third-order valence-corrected chi connectivity index (χ3v) is 4.29.